The fraction of sp³-hybridized carbons (Fsp3) is 0.303. The second kappa shape index (κ2) is 8.15. The third-order valence-electron chi connectivity index (χ3n) is 8.38. The number of β-lactam (4-membered cyclic amide) rings is 1. The Morgan fingerprint density at radius 2 is 1.21 bits per heavy atom. The highest BCUT2D eigenvalue weighted by molar-refractivity contribution is 6.30. The summed E-state index contributed by atoms with van der Waals surface area (Å²) in [5.74, 6) is -0.504. The van der Waals surface area contributed by atoms with Gasteiger partial charge < -0.3 is 4.57 Å². The van der Waals surface area contributed by atoms with Gasteiger partial charge in [0, 0.05) is 16.8 Å². The van der Waals surface area contributed by atoms with Crippen molar-refractivity contribution >= 4 is 45.6 Å². The van der Waals surface area contributed by atoms with E-state index in [0.29, 0.717) is 17.1 Å². The summed E-state index contributed by atoms with van der Waals surface area (Å²) in [6, 6.07) is 21.7. The lowest BCUT2D eigenvalue weighted by Crippen LogP contribution is -2.64. The van der Waals surface area contributed by atoms with Crippen LogP contribution in [0.2, 0.25) is 0 Å². The van der Waals surface area contributed by atoms with Crippen LogP contribution in [0.3, 0.4) is 0 Å². The van der Waals surface area contributed by atoms with E-state index in [4.69, 9.17) is 0 Å². The van der Waals surface area contributed by atoms with Gasteiger partial charge in [0.25, 0.3) is 0 Å². The molecule has 6 rings (SSSR count). The Balaban J connectivity index is 1.69. The molecule has 0 aliphatic carbocycles. The van der Waals surface area contributed by atoms with Crippen LogP contribution < -0.4 is 9.80 Å². The molecule has 1 atom stereocenters. The zero-order valence-electron chi connectivity index (χ0n) is 23.5. The van der Waals surface area contributed by atoms with E-state index in [1.165, 1.54) is 0 Å². The summed E-state index contributed by atoms with van der Waals surface area (Å²) in [6.07, 6.45) is -0.450. The number of benzene rings is 3. The Kier molecular flexibility index (Phi) is 5.25. The predicted molar refractivity (Wildman–Crippen MR) is 155 cm³/mol. The molecule has 1 aromatic heterocycles. The van der Waals surface area contributed by atoms with Gasteiger partial charge in [-0.05, 0) is 84.9 Å². The van der Waals surface area contributed by atoms with Crippen molar-refractivity contribution in [1.82, 2.24) is 4.57 Å². The van der Waals surface area contributed by atoms with Crippen LogP contribution in [0, 0.1) is 31.6 Å². The third kappa shape index (κ3) is 3.37. The molecule has 1 fully saturated rings. The molecule has 0 saturated carbocycles. The summed E-state index contributed by atoms with van der Waals surface area (Å²) in [6.45, 7) is 13.3. The molecule has 198 valence electrons. The van der Waals surface area contributed by atoms with Gasteiger partial charge in [-0.25, -0.2) is 0 Å². The highest BCUT2D eigenvalue weighted by Gasteiger charge is 2.59. The van der Waals surface area contributed by atoms with Gasteiger partial charge in [-0.2, -0.15) is 0 Å². The van der Waals surface area contributed by atoms with Crippen molar-refractivity contribution in [2.75, 3.05) is 9.80 Å². The number of fused-ring (bicyclic) bond motifs is 3. The van der Waals surface area contributed by atoms with Gasteiger partial charge in [0.05, 0.1) is 16.6 Å². The molecule has 2 aliphatic rings. The molecule has 6 heteroatoms. The normalized spacial score (nSPS) is 19.9. The lowest BCUT2D eigenvalue weighted by molar-refractivity contribution is -0.140. The van der Waals surface area contributed by atoms with Gasteiger partial charge in [0.1, 0.15) is 17.3 Å². The van der Waals surface area contributed by atoms with Crippen LogP contribution in [-0.2, 0) is 9.59 Å². The van der Waals surface area contributed by atoms with Gasteiger partial charge in [0.15, 0.2) is 5.78 Å². The predicted octanol–water partition coefficient (Wildman–Crippen LogP) is 7.03. The Bertz CT molecular complexity index is 1690. The van der Waals surface area contributed by atoms with E-state index in [2.05, 4.69) is 0 Å². The smallest absolute Gasteiger partial charge is 0.245 e. The molecule has 1 saturated heterocycles. The first-order valence-electron chi connectivity index (χ1n) is 13.4. The lowest BCUT2D eigenvalue weighted by atomic mass is 9.76. The molecule has 2 aliphatic heterocycles. The van der Waals surface area contributed by atoms with Crippen molar-refractivity contribution in [3.8, 4) is 0 Å². The quantitative estimate of drug-likeness (QED) is 0.216. The standard InChI is InChI=1S/C33H33N3O3/c1-19-8-13-22(14-9-19)34-26-24-18-21(3)12-17-25(24)36(27(26)28(37)32(4,5)30(34)38)29-33(6,7)31(39)35(29)23-15-10-20(2)11-16-23/h8-18,29H,1-7H3. The molecule has 3 heterocycles. The highest BCUT2D eigenvalue weighted by atomic mass is 16.2. The Hall–Kier alpha value is -4.19. The number of carbonyl (C=O) groups is 3. The minimum Gasteiger partial charge on any atom is -0.313 e. The topological polar surface area (TPSA) is 62.6 Å². The molecular formula is C33H33N3O3. The average Bonchev–Trinajstić information content (AvgIpc) is 3.20. The van der Waals surface area contributed by atoms with Crippen molar-refractivity contribution in [2.45, 2.75) is 54.6 Å². The van der Waals surface area contributed by atoms with Crippen LogP contribution in [0.15, 0.2) is 66.7 Å². The first kappa shape index (κ1) is 25.1. The van der Waals surface area contributed by atoms with E-state index in [1.54, 1.807) is 23.6 Å². The highest BCUT2D eigenvalue weighted by Crippen LogP contribution is 2.55. The molecule has 4 aromatic rings. The van der Waals surface area contributed by atoms with Crippen molar-refractivity contribution < 1.29 is 14.4 Å². The minimum atomic E-state index is -1.29. The maximum atomic E-state index is 14.3. The second-order valence-corrected chi connectivity index (χ2v) is 12.1. The molecule has 3 aromatic carbocycles. The molecule has 0 spiro atoms. The van der Waals surface area contributed by atoms with Gasteiger partial charge in [-0.15, -0.1) is 0 Å². The number of hydrogen-bond acceptors (Lipinski definition) is 3. The van der Waals surface area contributed by atoms with E-state index in [1.807, 2.05) is 106 Å². The van der Waals surface area contributed by atoms with Crippen LogP contribution in [0.25, 0.3) is 10.9 Å². The number of ketones is 1. The van der Waals surface area contributed by atoms with Gasteiger partial charge in [-0.3, -0.25) is 24.2 Å². The molecule has 2 amide bonds. The molecule has 0 bridgehead atoms. The summed E-state index contributed by atoms with van der Waals surface area (Å²) in [5.41, 5.74) is 4.53. The number of amides is 2. The summed E-state index contributed by atoms with van der Waals surface area (Å²) in [5, 5.41) is 0.821. The average molecular weight is 520 g/mol. The number of anilines is 3. The zero-order valence-corrected chi connectivity index (χ0v) is 23.5. The maximum Gasteiger partial charge on any atom is 0.245 e. The molecule has 1 unspecified atom stereocenters. The van der Waals surface area contributed by atoms with Crippen molar-refractivity contribution in [3.63, 3.8) is 0 Å². The van der Waals surface area contributed by atoms with E-state index < -0.39 is 17.0 Å². The van der Waals surface area contributed by atoms with Crippen molar-refractivity contribution in [1.29, 1.82) is 0 Å². The number of aryl methyl sites for hydroxylation is 3. The lowest BCUT2D eigenvalue weighted by Gasteiger charge is -2.54. The van der Waals surface area contributed by atoms with Crippen LogP contribution in [0.4, 0.5) is 17.1 Å². The minimum absolute atomic E-state index is 0.00643. The SMILES string of the molecule is Cc1ccc(N2C(=O)C(C)(C)C(=O)c3c2c2cc(C)ccc2n3C2N(c3ccc(C)cc3)C(=O)C2(C)C)cc1. The Morgan fingerprint density at radius 1 is 0.667 bits per heavy atom. The first-order valence-corrected chi connectivity index (χ1v) is 13.4. The second-order valence-electron chi connectivity index (χ2n) is 12.1. The first-order chi connectivity index (χ1) is 18.4. The van der Waals surface area contributed by atoms with Crippen LogP contribution in [-0.4, -0.2) is 22.2 Å². The number of hydrogen-bond donors (Lipinski definition) is 0. The van der Waals surface area contributed by atoms with Crippen molar-refractivity contribution in [2.24, 2.45) is 10.8 Å². The third-order valence-corrected chi connectivity index (χ3v) is 8.38. The van der Waals surface area contributed by atoms with E-state index >= 15 is 0 Å². The number of Topliss-reactive ketones (excluding diaryl/α,β-unsaturated/α-hetero) is 1. The van der Waals surface area contributed by atoms with Gasteiger partial charge >= 0.3 is 0 Å². The maximum absolute atomic E-state index is 14.3. The van der Waals surface area contributed by atoms with Gasteiger partial charge in [0.2, 0.25) is 11.8 Å². The molecular weight excluding hydrogens is 486 g/mol. The largest absolute Gasteiger partial charge is 0.313 e. The van der Waals surface area contributed by atoms with Crippen LogP contribution in [0.5, 0.6) is 0 Å². The Labute approximate surface area is 228 Å². The van der Waals surface area contributed by atoms with Crippen molar-refractivity contribution in [3.05, 3.63) is 89.1 Å². The fourth-order valence-corrected chi connectivity index (χ4v) is 6.01. The fourth-order valence-electron chi connectivity index (χ4n) is 6.01. The van der Waals surface area contributed by atoms with E-state index in [-0.39, 0.29) is 17.6 Å². The summed E-state index contributed by atoms with van der Waals surface area (Å²) in [7, 11) is 0. The number of nitrogens with zero attached hydrogens (tertiary/aromatic N) is 3. The van der Waals surface area contributed by atoms with Gasteiger partial charge in [-0.1, -0.05) is 47.0 Å². The van der Waals surface area contributed by atoms with E-state index in [9.17, 15) is 14.4 Å². The molecule has 0 radical (unpaired) electrons. The van der Waals surface area contributed by atoms with Crippen LogP contribution in [0.1, 0.15) is 61.0 Å². The van der Waals surface area contributed by atoms with E-state index in [0.717, 1.165) is 33.3 Å². The monoisotopic (exact) mass is 519 g/mol. The molecule has 6 nitrogen and oxygen atoms in total. The summed E-state index contributed by atoms with van der Waals surface area (Å²) < 4.78 is 2.02. The number of aromatic nitrogens is 1. The summed E-state index contributed by atoms with van der Waals surface area (Å²) in [4.78, 5) is 45.4. The van der Waals surface area contributed by atoms with Crippen LogP contribution >= 0.6 is 0 Å². The zero-order chi connectivity index (χ0) is 28.0. The molecule has 0 N–H and O–H groups in total. The number of rotatable bonds is 3. The summed E-state index contributed by atoms with van der Waals surface area (Å²) >= 11 is 0. The Morgan fingerprint density at radius 3 is 1.79 bits per heavy atom. The number of carbonyl (C=O) groups excluding carboxylic acids is 3. The molecule has 39 heavy (non-hydrogen) atoms.